The van der Waals surface area contributed by atoms with Crippen molar-refractivity contribution in [2.24, 2.45) is 16.7 Å². The average molecular weight is 258 g/mol. The quantitative estimate of drug-likeness (QED) is 0.375. The lowest BCUT2D eigenvalue weighted by atomic mass is 9.60. The summed E-state index contributed by atoms with van der Waals surface area (Å²) < 4.78 is 5.72. The third-order valence-electron chi connectivity index (χ3n) is 6.22. The lowest BCUT2D eigenvalue weighted by molar-refractivity contribution is -0.145. The Labute approximate surface area is 115 Å². The van der Waals surface area contributed by atoms with Gasteiger partial charge in [-0.15, -0.1) is 0 Å². The number of fused-ring (bicyclic) bond motifs is 3. The minimum absolute atomic E-state index is 0.00556. The van der Waals surface area contributed by atoms with Crippen molar-refractivity contribution in [2.45, 2.75) is 45.6 Å². The third-order valence-corrected chi connectivity index (χ3v) is 6.22. The molecule has 1 heterocycles. The van der Waals surface area contributed by atoms with Crippen LogP contribution in [-0.2, 0) is 9.53 Å². The van der Waals surface area contributed by atoms with E-state index in [-0.39, 0.29) is 28.8 Å². The van der Waals surface area contributed by atoms with Crippen molar-refractivity contribution in [3.8, 4) is 0 Å². The minimum Gasteiger partial charge on any atom is -0.457 e. The van der Waals surface area contributed by atoms with Crippen LogP contribution in [0.5, 0.6) is 0 Å². The second-order valence-electron chi connectivity index (χ2n) is 6.74. The summed E-state index contributed by atoms with van der Waals surface area (Å²) in [6.45, 7) is 17.0. The highest BCUT2D eigenvalue weighted by Crippen LogP contribution is 2.66. The SMILES string of the molecule is C=C1C(=O)OC2[C@H]1CCC(=C)[C@]1(C)CCC(=C)[C@]21C. The smallest absolute Gasteiger partial charge is 0.334 e. The van der Waals surface area contributed by atoms with Crippen molar-refractivity contribution in [1.29, 1.82) is 0 Å². The third kappa shape index (κ3) is 1.30. The van der Waals surface area contributed by atoms with Gasteiger partial charge in [0.05, 0.1) is 0 Å². The van der Waals surface area contributed by atoms with E-state index in [2.05, 4.69) is 33.6 Å². The maximum Gasteiger partial charge on any atom is 0.334 e. The summed E-state index contributed by atoms with van der Waals surface area (Å²) in [5, 5.41) is 0. The molecular weight excluding hydrogens is 236 g/mol. The summed E-state index contributed by atoms with van der Waals surface area (Å²) in [7, 11) is 0. The van der Waals surface area contributed by atoms with Gasteiger partial charge < -0.3 is 4.74 Å². The highest BCUT2D eigenvalue weighted by atomic mass is 16.6. The van der Waals surface area contributed by atoms with E-state index in [1.165, 1.54) is 11.1 Å². The largest absolute Gasteiger partial charge is 0.457 e. The first-order valence-electron chi connectivity index (χ1n) is 7.08. The van der Waals surface area contributed by atoms with Crippen molar-refractivity contribution < 1.29 is 9.53 Å². The fourth-order valence-corrected chi connectivity index (χ4v) is 4.43. The van der Waals surface area contributed by atoms with E-state index in [1.807, 2.05) is 0 Å². The highest BCUT2D eigenvalue weighted by molar-refractivity contribution is 5.91. The first-order valence-corrected chi connectivity index (χ1v) is 7.08. The van der Waals surface area contributed by atoms with Crippen LogP contribution >= 0.6 is 0 Å². The Morgan fingerprint density at radius 3 is 2.53 bits per heavy atom. The van der Waals surface area contributed by atoms with Crippen molar-refractivity contribution in [1.82, 2.24) is 0 Å². The van der Waals surface area contributed by atoms with Gasteiger partial charge in [-0.1, -0.05) is 44.7 Å². The minimum atomic E-state index is -0.217. The molecule has 2 nitrogen and oxygen atoms in total. The maximum atomic E-state index is 11.9. The molecule has 0 aromatic heterocycles. The number of hydrogen-bond acceptors (Lipinski definition) is 2. The molecule has 0 spiro atoms. The monoisotopic (exact) mass is 258 g/mol. The molecule has 3 fully saturated rings. The van der Waals surface area contributed by atoms with Crippen molar-refractivity contribution in [3.63, 3.8) is 0 Å². The Balaban J connectivity index is 2.17. The molecular formula is C17H22O2. The molecule has 1 unspecified atom stereocenters. The zero-order chi connectivity index (χ0) is 14.0. The summed E-state index contributed by atoms with van der Waals surface area (Å²) in [5.74, 6) is -0.0864. The summed E-state index contributed by atoms with van der Waals surface area (Å²) in [6.07, 6.45) is 3.84. The number of rotatable bonds is 0. The molecule has 1 saturated heterocycles. The van der Waals surface area contributed by atoms with E-state index in [0.29, 0.717) is 5.57 Å². The van der Waals surface area contributed by atoms with Crippen LogP contribution < -0.4 is 0 Å². The maximum absolute atomic E-state index is 11.9. The van der Waals surface area contributed by atoms with Crippen LogP contribution in [-0.4, -0.2) is 12.1 Å². The number of carbonyl (C=O) groups is 1. The second kappa shape index (κ2) is 3.62. The van der Waals surface area contributed by atoms with Crippen molar-refractivity contribution in [3.05, 3.63) is 36.5 Å². The molecule has 102 valence electrons. The molecule has 0 aromatic carbocycles. The standard InChI is InChI=1S/C17H22O2/c1-10-6-7-13-12(3)15(18)19-14(13)17(5)11(2)8-9-16(10,17)4/h13-14H,1-3,6-9H2,4-5H3/t13-,14?,16-,17+/m0/s1. The predicted octanol–water partition coefficient (Wildman–Crippen LogP) is 3.80. The Kier molecular flexibility index (Phi) is 2.42. The number of carbonyl (C=O) groups excluding carboxylic acids is 1. The van der Waals surface area contributed by atoms with Gasteiger partial charge in [-0.25, -0.2) is 4.79 Å². The van der Waals surface area contributed by atoms with Crippen LogP contribution in [0.2, 0.25) is 0 Å². The summed E-state index contributed by atoms with van der Waals surface area (Å²) in [6, 6.07) is 0. The lowest BCUT2D eigenvalue weighted by Gasteiger charge is -2.45. The topological polar surface area (TPSA) is 26.3 Å². The predicted molar refractivity (Wildman–Crippen MR) is 75.5 cm³/mol. The van der Waals surface area contributed by atoms with Crippen LogP contribution in [0, 0.1) is 16.7 Å². The van der Waals surface area contributed by atoms with Gasteiger partial charge in [0.15, 0.2) is 0 Å². The molecule has 4 atom stereocenters. The average Bonchev–Trinajstić information content (AvgIpc) is 2.76. The molecule has 0 N–H and O–H groups in total. The second-order valence-corrected chi connectivity index (χ2v) is 6.74. The van der Waals surface area contributed by atoms with Gasteiger partial charge in [-0.3, -0.25) is 0 Å². The zero-order valence-electron chi connectivity index (χ0n) is 11.9. The molecule has 0 amide bonds. The lowest BCUT2D eigenvalue weighted by Crippen LogP contribution is -2.45. The Morgan fingerprint density at radius 1 is 1.16 bits per heavy atom. The first kappa shape index (κ1) is 12.7. The van der Waals surface area contributed by atoms with Crippen LogP contribution in [0.4, 0.5) is 0 Å². The molecule has 0 bridgehead atoms. The highest BCUT2D eigenvalue weighted by Gasteiger charge is 2.63. The van der Waals surface area contributed by atoms with Gasteiger partial charge in [0.2, 0.25) is 0 Å². The van der Waals surface area contributed by atoms with E-state index in [9.17, 15) is 4.79 Å². The van der Waals surface area contributed by atoms with Gasteiger partial charge in [-0.2, -0.15) is 0 Å². The van der Waals surface area contributed by atoms with E-state index < -0.39 is 0 Å². The van der Waals surface area contributed by atoms with E-state index >= 15 is 0 Å². The normalized spacial score (nSPS) is 45.8. The molecule has 2 saturated carbocycles. The first-order chi connectivity index (χ1) is 8.82. The van der Waals surface area contributed by atoms with Gasteiger partial charge in [0, 0.05) is 22.3 Å². The van der Waals surface area contributed by atoms with Crippen molar-refractivity contribution in [2.75, 3.05) is 0 Å². The molecule has 2 heteroatoms. The summed E-state index contributed by atoms with van der Waals surface area (Å²) in [5.41, 5.74) is 2.93. The van der Waals surface area contributed by atoms with Crippen LogP contribution in [0.1, 0.15) is 39.5 Å². The molecule has 1 aliphatic heterocycles. The van der Waals surface area contributed by atoms with Crippen LogP contribution in [0.15, 0.2) is 36.5 Å². The van der Waals surface area contributed by atoms with Gasteiger partial charge >= 0.3 is 5.97 Å². The Morgan fingerprint density at radius 2 is 1.84 bits per heavy atom. The zero-order valence-corrected chi connectivity index (χ0v) is 11.9. The van der Waals surface area contributed by atoms with Crippen molar-refractivity contribution >= 4 is 5.97 Å². The van der Waals surface area contributed by atoms with Crippen LogP contribution in [0.3, 0.4) is 0 Å². The van der Waals surface area contributed by atoms with Gasteiger partial charge in [0.1, 0.15) is 6.10 Å². The summed E-state index contributed by atoms with van der Waals surface area (Å²) >= 11 is 0. The molecule has 3 rings (SSSR count). The van der Waals surface area contributed by atoms with Gasteiger partial charge in [0.25, 0.3) is 0 Å². The molecule has 2 aliphatic carbocycles. The van der Waals surface area contributed by atoms with Crippen LogP contribution in [0.25, 0.3) is 0 Å². The number of ether oxygens (including phenoxy) is 1. The molecule has 19 heavy (non-hydrogen) atoms. The summed E-state index contributed by atoms with van der Waals surface area (Å²) in [4.78, 5) is 11.9. The van der Waals surface area contributed by atoms with E-state index in [4.69, 9.17) is 4.74 Å². The molecule has 0 radical (unpaired) electrons. The number of allylic oxidation sites excluding steroid dienone is 1. The number of esters is 1. The Bertz CT molecular complexity index is 515. The molecule has 0 aromatic rings. The van der Waals surface area contributed by atoms with E-state index in [1.54, 1.807) is 0 Å². The van der Waals surface area contributed by atoms with Gasteiger partial charge in [-0.05, 0) is 25.7 Å². The number of hydrogen-bond donors (Lipinski definition) is 0. The fourth-order valence-electron chi connectivity index (χ4n) is 4.43. The molecule has 3 aliphatic rings. The fraction of sp³-hybridized carbons (Fsp3) is 0.588. The van der Waals surface area contributed by atoms with E-state index in [0.717, 1.165) is 25.7 Å². The Hall–Kier alpha value is -1.31.